The van der Waals surface area contributed by atoms with E-state index >= 15 is 0 Å². The Kier molecular flexibility index (Phi) is 5.09. The van der Waals surface area contributed by atoms with Gasteiger partial charge in [0, 0.05) is 37.9 Å². The molecule has 112 valence electrons. The van der Waals surface area contributed by atoms with Crippen LogP contribution in [0.1, 0.15) is 32.4 Å². The molecule has 1 aliphatic heterocycles. The number of carbonyl (C=O) groups is 1. The van der Waals surface area contributed by atoms with E-state index in [4.69, 9.17) is 5.26 Å². The van der Waals surface area contributed by atoms with Gasteiger partial charge in [-0.3, -0.25) is 4.79 Å². The summed E-state index contributed by atoms with van der Waals surface area (Å²) in [5.41, 5.74) is 0.379. The lowest BCUT2D eigenvalue weighted by atomic mass is 9.96. The van der Waals surface area contributed by atoms with E-state index in [9.17, 15) is 4.79 Å². The number of rotatable bonds is 4. The van der Waals surface area contributed by atoms with Crippen molar-refractivity contribution in [2.75, 3.05) is 24.5 Å². The number of anilines is 1. The van der Waals surface area contributed by atoms with Crippen LogP contribution in [0.5, 0.6) is 0 Å². The molecule has 0 aliphatic carbocycles. The molecule has 1 amide bonds. The summed E-state index contributed by atoms with van der Waals surface area (Å²) in [6, 6.07) is 2.08. The molecule has 1 aromatic rings. The summed E-state index contributed by atoms with van der Waals surface area (Å²) in [6.45, 7) is 6.21. The molecule has 2 rings (SSSR count). The maximum absolute atomic E-state index is 11.6. The maximum Gasteiger partial charge on any atom is 0.222 e. The predicted molar refractivity (Wildman–Crippen MR) is 79.5 cm³/mol. The third-order valence-corrected chi connectivity index (χ3v) is 3.79. The molecular weight excluding hydrogens is 266 g/mol. The maximum atomic E-state index is 11.6. The molecule has 1 aliphatic rings. The number of aromatic nitrogens is 2. The minimum atomic E-state index is 0.0304. The number of amides is 1. The van der Waals surface area contributed by atoms with Crippen LogP contribution < -0.4 is 10.2 Å². The second-order valence-electron chi connectivity index (χ2n) is 5.67. The molecule has 0 aromatic carbocycles. The molecule has 0 spiro atoms. The minimum Gasteiger partial charge on any atom is -0.356 e. The molecule has 21 heavy (non-hydrogen) atoms. The Morgan fingerprint density at radius 1 is 1.43 bits per heavy atom. The summed E-state index contributed by atoms with van der Waals surface area (Å²) in [4.78, 5) is 22.0. The number of nitrogens with one attached hydrogen (secondary N) is 1. The molecule has 6 heteroatoms. The van der Waals surface area contributed by atoms with E-state index in [0.717, 1.165) is 32.5 Å². The monoisotopic (exact) mass is 287 g/mol. The Labute approximate surface area is 125 Å². The van der Waals surface area contributed by atoms with E-state index in [2.05, 4.69) is 26.3 Å². The van der Waals surface area contributed by atoms with Crippen LogP contribution in [0.3, 0.4) is 0 Å². The summed E-state index contributed by atoms with van der Waals surface area (Å²) in [7, 11) is 0. The van der Waals surface area contributed by atoms with Gasteiger partial charge in [-0.1, -0.05) is 13.8 Å². The quantitative estimate of drug-likeness (QED) is 0.903. The summed E-state index contributed by atoms with van der Waals surface area (Å²) in [6.07, 6.45) is 5.13. The highest BCUT2D eigenvalue weighted by molar-refractivity contribution is 5.77. The average molecular weight is 287 g/mol. The standard InChI is InChI=1S/C15H21N5O/c1-11(2)15(21)19-10-12-3-7-20(8-4-12)14-13(9-16)17-5-6-18-14/h5-6,11-12H,3-4,7-8,10H2,1-2H3,(H,19,21). The van der Waals surface area contributed by atoms with Gasteiger partial charge in [0.2, 0.25) is 5.91 Å². The zero-order valence-electron chi connectivity index (χ0n) is 12.5. The van der Waals surface area contributed by atoms with Crippen molar-refractivity contribution >= 4 is 11.7 Å². The van der Waals surface area contributed by atoms with Crippen molar-refractivity contribution in [2.45, 2.75) is 26.7 Å². The molecular formula is C15H21N5O. The summed E-state index contributed by atoms with van der Waals surface area (Å²) in [5, 5.41) is 12.1. The first-order chi connectivity index (χ1) is 10.1. The fourth-order valence-corrected chi connectivity index (χ4v) is 2.44. The second-order valence-corrected chi connectivity index (χ2v) is 5.67. The highest BCUT2D eigenvalue weighted by Gasteiger charge is 2.22. The number of nitrogens with zero attached hydrogens (tertiary/aromatic N) is 4. The lowest BCUT2D eigenvalue weighted by Gasteiger charge is -2.33. The molecule has 1 N–H and O–H groups in total. The molecule has 6 nitrogen and oxygen atoms in total. The number of carbonyl (C=O) groups excluding carboxylic acids is 1. The van der Waals surface area contributed by atoms with E-state index < -0.39 is 0 Å². The first-order valence-corrected chi connectivity index (χ1v) is 7.35. The van der Waals surface area contributed by atoms with Gasteiger partial charge in [-0.2, -0.15) is 5.26 Å². The lowest BCUT2D eigenvalue weighted by Crippen LogP contribution is -2.40. The van der Waals surface area contributed by atoms with Gasteiger partial charge in [0.15, 0.2) is 11.5 Å². The first kappa shape index (κ1) is 15.2. The van der Waals surface area contributed by atoms with Crippen LogP contribution in [0.25, 0.3) is 0 Å². The van der Waals surface area contributed by atoms with Crippen molar-refractivity contribution in [3.63, 3.8) is 0 Å². The van der Waals surface area contributed by atoms with Gasteiger partial charge in [0.1, 0.15) is 6.07 Å². The van der Waals surface area contributed by atoms with E-state index in [-0.39, 0.29) is 11.8 Å². The molecule has 0 unspecified atom stereocenters. The third-order valence-electron chi connectivity index (χ3n) is 3.79. The number of nitriles is 1. The Hall–Kier alpha value is -2.16. The smallest absolute Gasteiger partial charge is 0.222 e. The molecule has 1 fully saturated rings. The third kappa shape index (κ3) is 3.91. The van der Waals surface area contributed by atoms with Gasteiger partial charge < -0.3 is 10.2 Å². The molecule has 1 saturated heterocycles. The van der Waals surface area contributed by atoms with Crippen molar-refractivity contribution in [2.24, 2.45) is 11.8 Å². The predicted octanol–water partition coefficient (Wildman–Crippen LogP) is 1.34. The van der Waals surface area contributed by atoms with Gasteiger partial charge in [0.05, 0.1) is 0 Å². The first-order valence-electron chi connectivity index (χ1n) is 7.35. The fraction of sp³-hybridized carbons (Fsp3) is 0.600. The Bertz CT molecular complexity index is 529. The Morgan fingerprint density at radius 3 is 2.71 bits per heavy atom. The van der Waals surface area contributed by atoms with Crippen molar-refractivity contribution < 1.29 is 4.79 Å². The van der Waals surface area contributed by atoms with Gasteiger partial charge >= 0.3 is 0 Å². The molecule has 0 saturated carbocycles. The van der Waals surface area contributed by atoms with E-state index in [1.165, 1.54) is 6.20 Å². The van der Waals surface area contributed by atoms with Gasteiger partial charge in [-0.15, -0.1) is 0 Å². The van der Waals surface area contributed by atoms with E-state index in [1.807, 2.05) is 13.8 Å². The molecule has 2 heterocycles. The molecule has 1 aromatic heterocycles. The average Bonchev–Trinajstić information content (AvgIpc) is 2.53. The van der Waals surface area contributed by atoms with Crippen LogP contribution in [0.4, 0.5) is 5.82 Å². The van der Waals surface area contributed by atoms with Gasteiger partial charge in [0.25, 0.3) is 0 Å². The summed E-state index contributed by atoms with van der Waals surface area (Å²) < 4.78 is 0. The van der Waals surface area contributed by atoms with Crippen LogP contribution in [0.15, 0.2) is 12.4 Å². The van der Waals surface area contributed by atoms with Crippen molar-refractivity contribution in [1.29, 1.82) is 5.26 Å². The SMILES string of the molecule is CC(C)C(=O)NCC1CCN(c2nccnc2C#N)CC1. The number of hydrogen-bond donors (Lipinski definition) is 1. The Morgan fingerprint density at radius 2 is 2.10 bits per heavy atom. The van der Waals surface area contributed by atoms with E-state index in [0.29, 0.717) is 17.4 Å². The van der Waals surface area contributed by atoms with Crippen LogP contribution in [-0.4, -0.2) is 35.5 Å². The highest BCUT2D eigenvalue weighted by atomic mass is 16.1. The highest BCUT2D eigenvalue weighted by Crippen LogP contribution is 2.22. The second kappa shape index (κ2) is 7.02. The van der Waals surface area contributed by atoms with Gasteiger partial charge in [-0.25, -0.2) is 9.97 Å². The number of piperidine rings is 1. The Balaban J connectivity index is 1.86. The van der Waals surface area contributed by atoms with Crippen molar-refractivity contribution in [3.05, 3.63) is 18.1 Å². The fourth-order valence-electron chi connectivity index (χ4n) is 2.44. The normalized spacial score (nSPS) is 15.8. The topological polar surface area (TPSA) is 81.9 Å². The lowest BCUT2D eigenvalue weighted by molar-refractivity contribution is -0.124. The van der Waals surface area contributed by atoms with Gasteiger partial charge in [-0.05, 0) is 18.8 Å². The minimum absolute atomic E-state index is 0.0304. The van der Waals surface area contributed by atoms with Crippen LogP contribution in [0, 0.1) is 23.2 Å². The zero-order valence-corrected chi connectivity index (χ0v) is 12.5. The van der Waals surface area contributed by atoms with Crippen LogP contribution in [-0.2, 0) is 4.79 Å². The zero-order chi connectivity index (χ0) is 15.2. The molecule has 0 bridgehead atoms. The summed E-state index contributed by atoms with van der Waals surface area (Å²) >= 11 is 0. The van der Waals surface area contributed by atoms with E-state index in [1.54, 1.807) is 6.20 Å². The number of hydrogen-bond acceptors (Lipinski definition) is 5. The molecule has 0 radical (unpaired) electrons. The van der Waals surface area contributed by atoms with Crippen molar-refractivity contribution in [3.8, 4) is 6.07 Å². The molecule has 0 atom stereocenters. The summed E-state index contributed by atoms with van der Waals surface area (Å²) in [5.74, 6) is 1.30. The van der Waals surface area contributed by atoms with Crippen LogP contribution in [0.2, 0.25) is 0 Å². The van der Waals surface area contributed by atoms with Crippen molar-refractivity contribution in [1.82, 2.24) is 15.3 Å². The largest absolute Gasteiger partial charge is 0.356 e. The van der Waals surface area contributed by atoms with Crippen LogP contribution >= 0.6 is 0 Å².